The Morgan fingerprint density at radius 2 is 1.88 bits per heavy atom. The maximum atomic E-state index is 6.00. The molecule has 0 spiro atoms. The summed E-state index contributed by atoms with van der Waals surface area (Å²) in [5, 5.41) is 0.382. The fraction of sp³-hybridized carbons (Fsp3) is 0.0833. The second-order valence-corrected chi connectivity index (χ2v) is 4.06. The van der Waals surface area contributed by atoms with Crippen LogP contribution < -0.4 is 0 Å². The maximum Gasteiger partial charge on any atom is 0.165 e. The number of halogens is 1. The molecule has 0 radical (unpaired) electrons. The van der Waals surface area contributed by atoms with Crippen LogP contribution in [-0.2, 0) is 7.05 Å². The second kappa shape index (κ2) is 3.82. The molecular formula is C12H9ClN4. The molecule has 0 N–H and O–H groups in total. The van der Waals surface area contributed by atoms with Gasteiger partial charge in [0.1, 0.15) is 17.7 Å². The molecule has 0 unspecified atom stereocenters. The molecule has 17 heavy (non-hydrogen) atoms. The van der Waals surface area contributed by atoms with Gasteiger partial charge >= 0.3 is 0 Å². The van der Waals surface area contributed by atoms with Crippen LogP contribution in [0.5, 0.6) is 0 Å². The van der Waals surface area contributed by atoms with Gasteiger partial charge in [0.2, 0.25) is 0 Å². The minimum Gasteiger partial charge on any atom is -0.312 e. The number of aromatic nitrogens is 4. The largest absolute Gasteiger partial charge is 0.312 e. The Balaban J connectivity index is 2.32. The van der Waals surface area contributed by atoms with Crippen LogP contribution >= 0.6 is 11.6 Å². The minimum absolute atomic E-state index is 0.382. The van der Waals surface area contributed by atoms with Gasteiger partial charge in [0.15, 0.2) is 10.8 Å². The van der Waals surface area contributed by atoms with Crippen LogP contribution in [0.1, 0.15) is 0 Å². The third-order valence-electron chi connectivity index (χ3n) is 2.64. The summed E-state index contributed by atoms with van der Waals surface area (Å²) in [5.74, 6) is 0.836. The zero-order chi connectivity index (χ0) is 11.8. The van der Waals surface area contributed by atoms with Gasteiger partial charge < -0.3 is 4.57 Å². The molecule has 0 aliphatic rings. The molecule has 2 aromatic heterocycles. The van der Waals surface area contributed by atoms with Crippen molar-refractivity contribution in [1.29, 1.82) is 0 Å². The Morgan fingerprint density at radius 1 is 1.12 bits per heavy atom. The van der Waals surface area contributed by atoms with Gasteiger partial charge in [-0.3, -0.25) is 0 Å². The summed E-state index contributed by atoms with van der Waals surface area (Å²) in [7, 11) is 1.92. The van der Waals surface area contributed by atoms with Crippen LogP contribution in [0.15, 0.2) is 36.7 Å². The Kier molecular flexibility index (Phi) is 2.30. The van der Waals surface area contributed by atoms with Crippen LogP contribution in [0, 0.1) is 0 Å². The summed E-state index contributed by atoms with van der Waals surface area (Å²) in [4.78, 5) is 12.6. The van der Waals surface area contributed by atoms with Gasteiger partial charge in [0.25, 0.3) is 0 Å². The normalized spacial score (nSPS) is 10.9. The fourth-order valence-electron chi connectivity index (χ4n) is 1.82. The molecule has 0 amide bonds. The van der Waals surface area contributed by atoms with E-state index in [1.807, 2.05) is 41.9 Å². The van der Waals surface area contributed by atoms with E-state index in [1.165, 1.54) is 6.33 Å². The average Bonchev–Trinajstić information content (AvgIpc) is 2.70. The number of hydrogen-bond acceptors (Lipinski definition) is 3. The molecule has 0 aliphatic carbocycles. The van der Waals surface area contributed by atoms with Gasteiger partial charge in [-0.15, -0.1) is 0 Å². The van der Waals surface area contributed by atoms with E-state index in [0.717, 1.165) is 17.0 Å². The summed E-state index contributed by atoms with van der Waals surface area (Å²) < 4.78 is 1.91. The molecule has 0 fully saturated rings. The van der Waals surface area contributed by atoms with Crippen LogP contribution in [-0.4, -0.2) is 19.5 Å². The van der Waals surface area contributed by atoms with Crippen molar-refractivity contribution < 1.29 is 0 Å². The molecule has 5 heteroatoms. The van der Waals surface area contributed by atoms with Crippen LogP contribution in [0.3, 0.4) is 0 Å². The molecule has 0 bridgehead atoms. The summed E-state index contributed by atoms with van der Waals surface area (Å²) in [6.07, 6.45) is 1.45. The van der Waals surface area contributed by atoms with Crippen molar-refractivity contribution in [2.24, 2.45) is 7.05 Å². The lowest BCUT2D eigenvalue weighted by Crippen LogP contribution is -1.93. The van der Waals surface area contributed by atoms with E-state index in [9.17, 15) is 0 Å². The first-order valence-corrected chi connectivity index (χ1v) is 5.53. The third-order valence-corrected chi connectivity index (χ3v) is 2.92. The monoisotopic (exact) mass is 244 g/mol. The van der Waals surface area contributed by atoms with Crippen molar-refractivity contribution in [2.75, 3.05) is 0 Å². The van der Waals surface area contributed by atoms with Gasteiger partial charge in [-0.2, -0.15) is 0 Å². The SMILES string of the molecule is Cn1c(-c2ccccc2)nc2c(Cl)ncnc21. The van der Waals surface area contributed by atoms with Crippen molar-refractivity contribution in [2.45, 2.75) is 0 Å². The molecule has 0 saturated heterocycles. The Bertz CT molecular complexity index is 676. The maximum absolute atomic E-state index is 6.00. The van der Waals surface area contributed by atoms with Gasteiger partial charge in [-0.1, -0.05) is 41.9 Å². The number of aryl methyl sites for hydroxylation is 1. The fourth-order valence-corrected chi connectivity index (χ4v) is 1.99. The van der Waals surface area contributed by atoms with E-state index in [2.05, 4.69) is 15.0 Å². The smallest absolute Gasteiger partial charge is 0.165 e. The van der Waals surface area contributed by atoms with Gasteiger partial charge in [-0.05, 0) is 0 Å². The van der Waals surface area contributed by atoms with E-state index in [-0.39, 0.29) is 0 Å². The Hall–Kier alpha value is -1.94. The summed E-state index contributed by atoms with van der Waals surface area (Å²) in [6.45, 7) is 0. The lowest BCUT2D eigenvalue weighted by atomic mass is 10.2. The summed E-state index contributed by atoms with van der Waals surface area (Å²) in [5.41, 5.74) is 2.41. The molecule has 1 aromatic carbocycles. The molecule has 0 aliphatic heterocycles. The van der Waals surface area contributed by atoms with Gasteiger partial charge in [0.05, 0.1) is 0 Å². The van der Waals surface area contributed by atoms with Crippen LogP contribution in [0.2, 0.25) is 5.15 Å². The molecule has 0 saturated carbocycles. The lowest BCUT2D eigenvalue weighted by molar-refractivity contribution is 0.939. The molecular weight excluding hydrogens is 236 g/mol. The highest BCUT2D eigenvalue weighted by atomic mass is 35.5. The number of benzene rings is 1. The molecule has 3 aromatic rings. The lowest BCUT2D eigenvalue weighted by Gasteiger charge is -2.00. The molecule has 84 valence electrons. The zero-order valence-electron chi connectivity index (χ0n) is 9.13. The summed E-state index contributed by atoms with van der Waals surface area (Å²) >= 11 is 6.00. The first kappa shape index (κ1) is 10.2. The van der Waals surface area contributed by atoms with Gasteiger partial charge in [0, 0.05) is 12.6 Å². The Labute approximate surface area is 103 Å². The van der Waals surface area contributed by atoms with Crippen molar-refractivity contribution in [3.63, 3.8) is 0 Å². The molecule has 2 heterocycles. The number of hydrogen-bond donors (Lipinski definition) is 0. The van der Waals surface area contributed by atoms with Crippen molar-refractivity contribution in [3.8, 4) is 11.4 Å². The molecule has 0 atom stereocenters. The van der Waals surface area contributed by atoms with E-state index >= 15 is 0 Å². The minimum atomic E-state index is 0.382. The topological polar surface area (TPSA) is 43.6 Å². The van der Waals surface area contributed by atoms with E-state index < -0.39 is 0 Å². The van der Waals surface area contributed by atoms with E-state index in [4.69, 9.17) is 11.6 Å². The highest BCUT2D eigenvalue weighted by Gasteiger charge is 2.13. The third kappa shape index (κ3) is 1.57. The first-order chi connectivity index (χ1) is 8.27. The standard InChI is InChI=1S/C12H9ClN4/c1-17-11(8-5-3-2-4-6-8)16-9-10(13)14-7-15-12(9)17/h2-7H,1H3. The second-order valence-electron chi connectivity index (χ2n) is 3.70. The molecule has 3 rings (SSSR count). The predicted molar refractivity (Wildman–Crippen MR) is 66.8 cm³/mol. The summed E-state index contributed by atoms with van der Waals surface area (Å²) in [6, 6.07) is 9.92. The Morgan fingerprint density at radius 3 is 2.59 bits per heavy atom. The average molecular weight is 245 g/mol. The van der Waals surface area contributed by atoms with E-state index in [1.54, 1.807) is 0 Å². The van der Waals surface area contributed by atoms with Crippen LogP contribution in [0.25, 0.3) is 22.6 Å². The van der Waals surface area contributed by atoms with Crippen LogP contribution in [0.4, 0.5) is 0 Å². The van der Waals surface area contributed by atoms with E-state index in [0.29, 0.717) is 10.7 Å². The van der Waals surface area contributed by atoms with Crippen molar-refractivity contribution >= 4 is 22.8 Å². The van der Waals surface area contributed by atoms with Gasteiger partial charge in [-0.25, -0.2) is 15.0 Å². The molecule has 4 nitrogen and oxygen atoms in total. The quantitative estimate of drug-likeness (QED) is 0.618. The first-order valence-electron chi connectivity index (χ1n) is 5.15. The van der Waals surface area contributed by atoms with Crippen molar-refractivity contribution in [1.82, 2.24) is 19.5 Å². The number of fused-ring (bicyclic) bond motifs is 1. The predicted octanol–water partition coefficient (Wildman–Crippen LogP) is 2.68. The number of nitrogens with zero attached hydrogens (tertiary/aromatic N) is 4. The zero-order valence-corrected chi connectivity index (χ0v) is 9.89. The highest BCUT2D eigenvalue weighted by molar-refractivity contribution is 6.33. The van der Waals surface area contributed by atoms with Crippen molar-refractivity contribution in [3.05, 3.63) is 41.8 Å². The number of rotatable bonds is 1. The highest BCUT2D eigenvalue weighted by Crippen LogP contribution is 2.24. The number of imidazole rings is 1.